The Morgan fingerprint density at radius 3 is 2.31 bits per heavy atom. The second-order valence-electron chi connectivity index (χ2n) is 6.69. The number of nitrogens with zero attached hydrogens (tertiary/aromatic N) is 2. The Morgan fingerprint density at radius 2 is 1.77 bits per heavy atom. The maximum absolute atomic E-state index is 11.9. The van der Waals surface area contributed by atoms with E-state index in [-0.39, 0.29) is 12.7 Å². The van der Waals surface area contributed by atoms with Crippen molar-refractivity contribution in [2.45, 2.75) is 26.0 Å². The highest BCUT2D eigenvalue weighted by atomic mass is 16.5. The van der Waals surface area contributed by atoms with Crippen molar-refractivity contribution in [3.8, 4) is 5.75 Å². The van der Waals surface area contributed by atoms with Gasteiger partial charge >= 0.3 is 5.97 Å². The molecule has 1 aromatic carbocycles. The highest BCUT2D eigenvalue weighted by Gasteiger charge is 2.30. The lowest BCUT2D eigenvalue weighted by Gasteiger charge is -2.37. The van der Waals surface area contributed by atoms with E-state index >= 15 is 0 Å². The second-order valence-corrected chi connectivity index (χ2v) is 6.69. The van der Waals surface area contributed by atoms with Crippen LogP contribution in [-0.2, 0) is 9.53 Å². The summed E-state index contributed by atoms with van der Waals surface area (Å²) in [6, 6.07) is 6.70. The second kappa shape index (κ2) is 10.5. The third-order valence-electron chi connectivity index (χ3n) is 4.36. The number of carboxylic acids is 1. The molecular formula is C19H30N2O5. The van der Waals surface area contributed by atoms with E-state index in [1.807, 2.05) is 43.0 Å². The molecule has 1 saturated heterocycles. The third-order valence-corrected chi connectivity index (χ3v) is 4.36. The number of benzene rings is 1. The van der Waals surface area contributed by atoms with E-state index in [1.165, 1.54) is 0 Å². The molecule has 1 heterocycles. The molecule has 0 saturated carbocycles. The standard InChI is InChI=1S/C19H30N2O5/c1-15(2)26-17-5-3-16(4-6-17)18(19(23)24)21-9-7-20(8-10-21)11-13-25-14-12-22/h3-6,15,18,22H,7-14H2,1-2H3,(H,23,24). The van der Waals surface area contributed by atoms with E-state index in [9.17, 15) is 9.90 Å². The van der Waals surface area contributed by atoms with E-state index in [0.717, 1.165) is 30.9 Å². The minimum absolute atomic E-state index is 0.0368. The molecule has 0 amide bonds. The van der Waals surface area contributed by atoms with Gasteiger partial charge < -0.3 is 19.7 Å². The molecule has 26 heavy (non-hydrogen) atoms. The molecule has 1 fully saturated rings. The lowest BCUT2D eigenvalue weighted by molar-refractivity contribution is -0.144. The molecule has 1 aliphatic heterocycles. The molecule has 0 spiro atoms. The van der Waals surface area contributed by atoms with Crippen LogP contribution in [0, 0.1) is 0 Å². The van der Waals surface area contributed by atoms with Crippen molar-refractivity contribution >= 4 is 5.97 Å². The van der Waals surface area contributed by atoms with Gasteiger partial charge in [-0.05, 0) is 31.5 Å². The van der Waals surface area contributed by atoms with E-state index in [4.69, 9.17) is 14.6 Å². The summed E-state index contributed by atoms with van der Waals surface area (Å²) in [5, 5.41) is 18.4. The fraction of sp³-hybridized carbons (Fsp3) is 0.632. The predicted molar refractivity (Wildman–Crippen MR) is 98.5 cm³/mol. The van der Waals surface area contributed by atoms with Crippen LogP contribution < -0.4 is 4.74 Å². The molecule has 0 bridgehead atoms. The van der Waals surface area contributed by atoms with Crippen molar-refractivity contribution in [3.63, 3.8) is 0 Å². The Labute approximate surface area is 155 Å². The van der Waals surface area contributed by atoms with Gasteiger partial charge in [0, 0.05) is 32.7 Å². The van der Waals surface area contributed by atoms with Gasteiger partial charge in [-0.3, -0.25) is 14.6 Å². The molecule has 1 atom stereocenters. The Morgan fingerprint density at radius 1 is 1.12 bits per heavy atom. The van der Waals surface area contributed by atoms with Crippen molar-refractivity contribution in [2.75, 3.05) is 52.5 Å². The van der Waals surface area contributed by atoms with Gasteiger partial charge in [0.15, 0.2) is 0 Å². The lowest BCUT2D eigenvalue weighted by Crippen LogP contribution is -2.49. The molecule has 7 heteroatoms. The minimum atomic E-state index is -0.831. The van der Waals surface area contributed by atoms with Gasteiger partial charge in [-0.25, -0.2) is 0 Å². The molecule has 0 radical (unpaired) electrons. The molecule has 1 unspecified atom stereocenters. The molecule has 1 aliphatic rings. The fourth-order valence-corrected chi connectivity index (χ4v) is 3.12. The molecular weight excluding hydrogens is 336 g/mol. The Bertz CT molecular complexity index is 541. The van der Waals surface area contributed by atoms with Crippen LogP contribution in [0.5, 0.6) is 5.75 Å². The SMILES string of the molecule is CC(C)Oc1ccc(C(C(=O)O)N2CCN(CCOCCO)CC2)cc1. The third kappa shape index (κ3) is 6.25. The molecule has 0 aliphatic carbocycles. The summed E-state index contributed by atoms with van der Waals surface area (Å²) >= 11 is 0. The topological polar surface area (TPSA) is 82.5 Å². The molecule has 2 rings (SSSR count). The number of carbonyl (C=O) groups is 1. The van der Waals surface area contributed by atoms with Gasteiger partial charge in [-0.2, -0.15) is 0 Å². The van der Waals surface area contributed by atoms with Gasteiger partial charge in [0.05, 0.1) is 25.9 Å². The number of carboxylic acid groups (broad SMARTS) is 1. The van der Waals surface area contributed by atoms with Gasteiger partial charge in [0.25, 0.3) is 0 Å². The van der Waals surface area contributed by atoms with Crippen LogP contribution in [0.4, 0.5) is 0 Å². The summed E-state index contributed by atoms with van der Waals surface area (Å²) in [6.45, 7) is 8.70. The maximum atomic E-state index is 11.9. The number of aliphatic carboxylic acids is 1. The minimum Gasteiger partial charge on any atom is -0.491 e. The van der Waals surface area contributed by atoms with Crippen molar-refractivity contribution < 1.29 is 24.5 Å². The average Bonchev–Trinajstić information content (AvgIpc) is 2.61. The molecule has 0 aromatic heterocycles. The first-order chi connectivity index (χ1) is 12.5. The maximum Gasteiger partial charge on any atom is 0.325 e. The summed E-state index contributed by atoms with van der Waals surface area (Å²) in [4.78, 5) is 16.1. The highest BCUT2D eigenvalue weighted by molar-refractivity contribution is 5.75. The number of aliphatic hydroxyl groups excluding tert-OH is 1. The van der Waals surface area contributed by atoms with Crippen LogP contribution in [0.15, 0.2) is 24.3 Å². The van der Waals surface area contributed by atoms with Crippen LogP contribution >= 0.6 is 0 Å². The van der Waals surface area contributed by atoms with Crippen LogP contribution in [0.3, 0.4) is 0 Å². The van der Waals surface area contributed by atoms with E-state index < -0.39 is 12.0 Å². The first kappa shape index (κ1) is 20.6. The molecule has 146 valence electrons. The average molecular weight is 366 g/mol. The summed E-state index contributed by atoms with van der Waals surface area (Å²) < 4.78 is 10.9. The predicted octanol–water partition coefficient (Wildman–Crippen LogP) is 1.23. The van der Waals surface area contributed by atoms with Crippen molar-refractivity contribution in [1.82, 2.24) is 9.80 Å². The van der Waals surface area contributed by atoms with Gasteiger partial charge in [-0.1, -0.05) is 12.1 Å². The Balaban J connectivity index is 1.91. The highest BCUT2D eigenvalue weighted by Crippen LogP contribution is 2.25. The number of ether oxygens (including phenoxy) is 2. The fourth-order valence-electron chi connectivity index (χ4n) is 3.12. The van der Waals surface area contributed by atoms with Gasteiger partial charge in [0.1, 0.15) is 11.8 Å². The zero-order chi connectivity index (χ0) is 18.9. The van der Waals surface area contributed by atoms with Crippen LogP contribution in [0.2, 0.25) is 0 Å². The summed E-state index contributed by atoms with van der Waals surface area (Å²) in [5.74, 6) is -0.0807. The smallest absolute Gasteiger partial charge is 0.325 e. The number of aliphatic hydroxyl groups is 1. The van der Waals surface area contributed by atoms with Crippen LogP contribution in [0.25, 0.3) is 0 Å². The van der Waals surface area contributed by atoms with Crippen LogP contribution in [-0.4, -0.2) is 84.6 Å². The Kier molecular flexibility index (Phi) is 8.31. The Hall–Kier alpha value is -1.67. The van der Waals surface area contributed by atoms with Crippen molar-refractivity contribution in [1.29, 1.82) is 0 Å². The van der Waals surface area contributed by atoms with Crippen molar-refractivity contribution in [2.24, 2.45) is 0 Å². The van der Waals surface area contributed by atoms with E-state index in [1.54, 1.807) is 0 Å². The molecule has 1 aromatic rings. The lowest BCUT2D eigenvalue weighted by atomic mass is 10.0. The van der Waals surface area contributed by atoms with Gasteiger partial charge in [0.2, 0.25) is 0 Å². The zero-order valence-electron chi connectivity index (χ0n) is 15.6. The zero-order valence-corrected chi connectivity index (χ0v) is 15.6. The van der Waals surface area contributed by atoms with Crippen LogP contribution in [0.1, 0.15) is 25.5 Å². The largest absolute Gasteiger partial charge is 0.491 e. The number of rotatable bonds is 10. The monoisotopic (exact) mass is 366 g/mol. The molecule has 2 N–H and O–H groups in total. The van der Waals surface area contributed by atoms with Gasteiger partial charge in [-0.15, -0.1) is 0 Å². The van der Waals surface area contributed by atoms with Crippen molar-refractivity contribution in [3.05, 3.63) is 29.8 Å². The first-order valence-electron chi connectivity index (χ1n) is 9.15. The summed E-state index contributed by atoms with van der Waals surface area (Å²) in [7, 11) is 0. The molecule has 7 nitrogen and oxygen atoms in total. The normalized spacial score (nSPS) is 17.4. The number of hydrogen-bond acceptors (Lipinski definition) is 6. The first-order valence-corrected chi connectivity index (χ1v) is 9.15. The quantitative estimate of drug-likeness (QED) is 0.603. The number of piperazine rings is 1. The van der Waals surface area contributed by atoms with E-state index in [0.29, 0.717) is 26.3 Å². The summed E-state index contributed by atoms with van der Waals surface area (Å²) in [5.41, 5.74) is 0.772. The van der Waals surface area contributed by atoms with E-state index in [2.05, 4.69) is 4.90 Å². The summed E-state index contributed by atoms with van der Waals surface area (Å²) in [6.07, 6.45) is 0.0885. The number of hydrogen-bond donors (Lipinski definition) is 2.